The highest BCUT2D eigenvalue weighted by molar-refractivity contribution is 5.94. The monoisotopic (exact) mass is 279 g/mol. The van der Waals surface area contributed by atoms with Crippen LogP contribution in [0.3, 0.4) is 0 Å². The molecule has 0 fully saturated rings. The van der Waals surface area contributed by atoms with Gasteiger partial charge in [0.2, 0.25) is 5.91 Å². The molecule has 1 aromatic rings. The van der Waals surface area contributed by atoms with E-state index in [1.807, 2.05) is 0 Å². The first-order chi connectivity index (χ1) is 9.47. The number of nitrogens with one attached hydrogen (secondary N) is 1. The molecule has 1 rings (SSSR count). The molecule has 108 valence electrons. The van der Waals surface area contributed by atoms with Crippen molar-refractivity contribution in [2.75, 3.05) is 14.2 Å². The lowest BCUT2D eigenvalue weighted by Gasteiger charge is -2.15. The van der Waals surface area contributed by atoms with Crippen LogP contribution in [0.4, 0.5) is 0 Å². The van der Waals surface area contributed by atoms with Crippen LogP contribution in [-0.4, -0.2) is 31.2 Å². The molecule has 0 aliphatic rings. The van der Waals surface area contributed by atoms with E-state index >= 15 is 0 Å². The first-order valence-electron chi connectivity index (χ1n) is 5.91. The number of carbonyl (C=O) groups is 2. The summed E-state index contributed by atoms with van der Waals surface area (Å²) in [5, 5.41) is 11.1. The van der Waals surface area contributed by atoms with Gasteiger partial charge in [0.05, 0.1) is 20.3 Å². The van der Waals surface area contributed by atoms with Crippen LogP contribution in [0.15, 0.2) is 30.4 Å². The zero-order valence-corrected chi connectivity index (χ0v) is 11.5. The Balaban J connectivity index is 2.79. The van der Waals surface area contributed by atoms with E-state index in [0.29, 0.717) is 11.5 Å². The van der Waals surface area contributed by atoms with Gasteiger partial charge < -0.3 is 19.9 Å². The molecule has 0 radical (unpaired) electrons. The molecule has 0 spiro atoms. The van der Waals surface area contributed by atoms with Gasteiger partial charge in [-0.3, -0.25) is 4.79 Å². The normalized spacial score (nSPS) is 11.9. The molecule has 1 unspecified atom stereocenters. The molecule has 6 nitrogen and oxygen atoms in total. The summed E-state index contributed by atoms with van der Waals surface area (Å²) in [6.07, 6.45) is 1.76. The topological polar surface area (TPSA) is 84.9 Å². The minimum Gasteiger partial charge on any atom is -0.493 e. The number of benzene rings is 1. The summed E-state index contributed by atoms with van der Waals surface area (Å²) in [4.78, 5) is 21.8. The Labute approximate surface area is 117 Å². The van der Waals surface area contributed by atoms with E-state index in [4.69, 9.17) is 14.6 Å². The van der Waals surface area contributed by atoms with E-state index in [0.717, 1.165) is 17.7 Å². The number of methoxy groups -OCH3 is 2. The average molecular weight is 279 g/mol. The van der Waals surface area contributed by atoms with Crippen LogP contribution >= 0.6 is 0 Å². The van der Waals surface area contributed by atoms with Crippen LogP contribution in [0.25, 0.3) is 0 Å². The van der Waals surface area contributed by atoms with Crippen LogP contribution in [0.1, 0.15) is 18.5 Å². The highest BCUT2D eigenvalue weighted by Crippen LogP contribution is 2.29. The highest BCUT2D eigenvalue weighted by Gasteiger charge is 2.11. The third kappa shape index (κ3) is 4.31. The van der Waals surface area contributed by atoms with E-state index in [1.54, 1.807) is 32.2 Å². The Morgan fingerprint density at radius 3 is 2.40 bits per heavy atom. The fraction of sp³-hybridized carbons (Fsp3) is 0.286. The summed E-state index contributed by atoms with van der Waals surface area (Å²) < 4.78 is 10.3. The minimum absolute atomic E-state index is 0.291. The molecule has 1 atom stereocenters. The van der Waals surface area contributed by atoms with E-state index in [9.17, 15) is 9.59 Å². The highest BCUT2D eigenvalue weighted by atomic mass is 16.5. The molecule has 6 heteroatoms. The van der Waals surface area contributed by atoms with Crippen LogP contribution in [0, 0.1) is 0 Å². The van der Waals surface area contributed by atoms with Crippen LogP contribution in [0.5, 0.6) is 11.5 Å². The zero-order valence-electron chi connectivity index (χ0n) is 11.5. The zero-order chi connectivity index (χ0) is 15.1. The number of carbonyl (C=O) groups excluding carboxylic acids is 1. The number of rotatable bonds is 6. The number of hydrogen-bond acceptors (Lipinski definition) is 4. The molecule has 0 aliphatic carbocycles. The van der Waals surface area contributed by atoms with Crippen molar-refractivity contribution >= 4 is 11.9 Å². The Bertz CT molecular complexity index is 524. The van der Waals surface area contributed by atoms with Crippen molar-refractivity contribution in [3.05, 3.63) is 35.9 Å². The second kappa shape index (κ2) is 7.18. The molecule has 0 saturated heterocycles. The predicted octanol–water partition coefficient (Wildman–Crippen LogP) is 1.52. The van der Waals surface area contributed by atoms with E-state index in [1.165, 1.54) is 7.11 Å². The van der Waals surface area contributed by atoms with E-state index in [2.05, 4.69) is 5.32 Å². The molecule has 0 aliphatic heterocycles. The van der Waals surface area contributed by atoms with Crippen molar-refractivity contribution in [1.82, 2.24) is 5.32 Å². The van der Waals surface area contributed by atoms with Crippen molar-refractivity contribution in [1.29, 1.82) is 0 Å². The number of ether oxygens (including phenoxy) is 2. The third-order valence-electron chi connectivity index (χ3n) is 2.64. The number of carboxylic acid groups (broad SMARTS) is 1. The maximum absolute atomic E-state index is 11.5. The van der Waals surface area contributed by atoms with Gasteiger partial charge >= 0.3 is 5.97 Å². The molecule has 1 amide bonds. The van der Waals surface area contributed by atoms with Crippen molar-refractivity contribution in [3.8, 4) is 11.5 Å². The molecule has 1 aromatic carbocycles. The summed E-state index contributed by atoms with van der Waals surface area (Å²) in [7, 11) is 3.07. The Hall–Kier alpha value is -2.50. The molecule has 0 saturated carbocycles. The van der Waals surface area contributed by atoms with Gasteiger partial charge in [-0.15, -0.1) is 0 Å². The van der Waals surface area contributed by atoms with Gasteiger partial charge in [0, 0.05) is 12.2 Å². The van der Waals surface area contributed by atoms with Crippen molar-refractivity contribution < 1.29 is 24.2 Å². The van der Waals surface area contributed by atoms with Gasteiger partial charge in [-0.05, 0) is 24.6 Å². The number of amides is 1. The van der Waals surface area contributed by atoms with Crippen LogP contribution in [0.2, 0.25) is 0 Å². The SMILES string of the molecule is COc1ccc(C(C)NC(=O)/C=C/C(=O)O)cc1OC. The average Bonchev–Trinajstić information content (AvgIpc) is 2.44. The smallest absolute Gasteiger partial charge is 0.328 e. The Morgan fingerprint density at radius 1 is 1.20 bits per heavy atom. The van der Waals surface area contributed by atoms with Crippen molar-refractivity contribution in [3.63, 3.8) is 0 Å². The summed E-state index contributed by atoms with van der Waals surface area (Å²) in [5.41, 5.74) is 0.819. The van der Waals surface area contributed by atoms with Crippen molar-refractivity contribution in [2.24, 2.45) is 0 Å². The molecular weight excluding hydrogens is 262 g/mol. The quantitative estimate of drug-likeness (QED) is 0.771. The van der Waals surface area contributed by atoms with Gasteiger partial charge in [-0.2, -0.15) is 0 Å². The van der Waals surface area contributed by atoms with E-state index in [-0.39, 0.29) is 6.04 Å². The second-order valence-corrected chi connectivity index (χ2v) is 4.02. The molecular formula is C14H17NO5. The summed E-state index contributed by atoms with van der Waals surface area (Å²) in [5.74, 6) is -0.485. The lowest BCUT2D eigenvalue weighted by atomic mass is 10.1. The summed E-state index contributed by atoms with van der Waals surface area (Å²) >= 11 is 0. The van der Waals surface area contributed by atoms with Crippen LogP contribution in [-0.2, 0) is 9.59 Å². The van der Waals surface area contributed by atoms with Gasteiger partial charge in [0.15, 0.2) is 11.5 Å². The lowest BCUT2D eigenvalue weighted by molar-refractivity contribution is -0.131. The predicted molar refractivity (Wildman–Crippen MR) is 72.9 cm³/mol. The standard InChI is InChI=1S/C14H17NO5/c1-9(15-13(16)6-7-14(17)18)10-4-5-11(19-2)12(8-10)20-3/h4-9H,1-3H3,(H,15,16)(H,17,18)/b7-6+. The maximum Gasteiger partial charge on any atom is 0.328 e. The lowest BCUT2D eigenvalue weighted by Crippen LogP contribution is -2.24. The maximum atomic E-state index is 11.5. The molecule has 0 aromatic heterocycles. The molecule has 0 bridgehead atoms. The molecule has 2 N–H and O–H groups in total. The number of aliphatic carboxylic acids is 1. The molecule has 0 heterocycles. The van der Waals surface area contributed by atoms with Gasteiger partial charge in [-0.25, -0.2) is 4.79 Å². The minimum atomic E-state index is -1.17. The first-order valence-corrected chi connectivity index (χ1v) is 5.91. The Morgan fingerprint density at radius 2 is 1.85 bits per heavy atom. The summed E-state index contributed by atoms with van der Waals surface area (Å²) in [6, 6.07) is 5.00. The fourth-order valence-corrected chi connectivity index (χ4v) is 1.61. The summed E-state index contributed by atoms with van der Waals surface area (Å²) in [6.45, 7) is 1.79. The first kappa shape index (κ1) is 15.6. The van der Waals surface area contributed by atoms with Gasteiger partial charge in [0.25, 0.3) is 0 Å². The van der Waals surface area contributed by atoms with Gasteiger partial charge in [-0.1, -0.05) is 6.07 Å². The number of hydrogen-bond donors (Lipinski definition) is 2. The fourth-order valence-electron chi connectivity index (χ4n) is 1.61. The second-order valence-electron chi connectivity index (χ2n) is 4.02. The van der Waals surface area contributed by atoms with Crippen molar-refractivity contribution in [2.45, 2.75) is 13.0 Å². The molecule has 20 heavy (non-hydrogen) atoms. The third-order valence-corrected chi connectivity index (χ3v) is 2.64. The van der Waals surface area contributed by atoms with Gasteiger partial charge in [0.1, 0.15) is 0 Å². The number of carboxylic acids is 1. The van der Waals surface area contributed by atoms with Crippen LogP contribution < -0.4 is 14.8 Å². The van der Waals surface area contributed by atoms with E-state index < -0.39 is 11.9 Å². The Kier molecular flexibility index (Phi) is 5.58. The largest absolute Gasteiger partial charge is 0.493 e.